The number of nitrogens with zero attached hydrogens (tertiary/aromatic N) is 1. The molecule has 0 unspecified atom stereocenters. The van der Waals surface area contributed by atoms with Gasteiger partial charge in [0.05, 0.1) is 0 Å². The summed E-state index contributed by atoms with van der Waals surface area (Å²) in [5.74, 6) is 0. The Balaban J connectivity index is 3.13. The van der Waals surface area contributed by atoms with Gasteiger partial charge >= 0.3 is 0 Å². The van der Waals surface area contributed by atoms with Crippen LogP contribution in [0.5, 0.6) is 0 Å². The number of rotatable bonds is 2. The van der Waals surface area contributed by atoms with E-state index in [0.29, 0.717) is 6.54 Å². The number of carbonyl (C=O) groups is 1. The van der Waals surface area contributed by atoms with E-state index in [1.54, 1.807) is 11.9 Å². The van der Waals surface area contributed by atoms with Gasteiger partial charge in [-0.15, -0.1) is 0 Å². The summed E-state index contributed by atoms with van der Waals surface area (Å²) in [5.41, 5.74) is 5.18. The summed E-state index contributed by atoms with van der Waals surface area (Å²) in [6.07, 6.45) is 0. The number of thiol groups is 1. The van der Waals surface area contributed by atoms with Crippen LogP contribution >= 0.6 is 12.6 Å². The first-order valence-corrected chi connectivity index (χ1v) is 6.62. The molecular weight excluding hydrogens is 242 g/mol. The number of hydrogen-bond donors (Lipinski definition) is 1. The molecule has 0 saturated heterocycles. The van der Waals surface area contributed by atoms with Gasteiger partial charge in [0.1, 0.15) is 0 Å². The van der Waals surface area contributed by atoms with Gasteiger partial charge in [0.15, 0.2) is 0 Å². The Morgan fingerprint density at radius 2 is 1.67 bits per heavy atom. The molecule has 0 aliphatic heterocycles. The molecule has 0 radical (unpaired) electrons. The molecule has 1 aromatic rings. The Bertz CT molecular complexity index is 437. The van der Waals surface area contributed by atoms with Crippen molar-refractivity contribution in [2.24, 2.45) is 0 Å². The highest BCUT2D eigenvalue weighted by molar-refractivity contribution is 7.96. The molecule has 0 aliphatic rings. The quantitative estimate of drug-likeness (QED) is 0.799. The lowest BCUT2D eigenvalue weighted by atomic mass is 9.84. The van der Waals surface area contributed by atoms with E-state index in [4.69, 9.17) is 0 Å². The zero-order valence-corrected chi connectivity index (χ0v) is 13.1. The topological polar surface area (TPSA) is 20.3 Å². The SMILES string of the molecule is Cc1cc(C(C)(C)C)cc(C)c1CN(C)C(=O)S. The minimum atomic E-state index is -0.200. The van der Waals surface area contributed by atoms with Gasteiger partial charge in [-0.1, -0.05) is 45.5 Å². The average molecular weight is 265 g/mol. The number of aryl methyl sites for hydroxylation is 2. The largest absolute Gasteiger partial charge is 0.333 e. The highest BCUT2D eigenvalue weighted by Crippen LogP contribution is 2.27. The lowest BCUT2D eigenvalue weighted by molar-refractivity contribution is 0.232. The van der Waals surface area contributed by atoms with Crippen molar-refractivity contribution >= 4 is 17.9 Å². The van der Waals surface area contributed by atoms with Crippen LogP contribution in [-0.4, -0.2) is 17.2 Å². The molecular formula is C15H23NOS. The summed E-state index contributed by atoms with van der Waals surface area (Å²) in [4.78, 5) is 12.8. The lowest BCUT2D eigenvalue weighted by Crippen LogP contribution is -2.22. The third kappa shape index (κ3) is 3.52. The first-order valence-electron chi connectivity index (χ1n) is 6.17. The normalized spacial score (nSPS) is 11.5. The van der Waals surface area contributed by atoms with Crippen LogP contribution < -0.4 is 0 Å². The predicted molar refractivity (Wildman–Crippen MR) is 80.5 cm³/mol. The van der Waals surface area contributed by atoms with Crippen molar-refractivity contribution in [3.8, 4) is 0 Å². The summed E-state index contributed by atoms with van der Waals surface area (Å²) in [5, 5.41) is -0.200. The molecule has 0 aliphatic carbocycles. The van der Waals surface area contributed by atoms with Crippen molar-refractivity contribution in [3.63, 3.8) is 0 Å². The van der Waals surface area contributed by atoms with Gasteiger partial charge in [-0.25, -0.2) is 0 Å². The van der Waals surface area contributed by atoms with E-state index in [9.17, 15) is 4.79 Å². The average Bonchev–Trinajstić information content (AvgIpc) is 2.21. The van der Waals surface area contributed by atoms with Crippen LogP contribution in [0.25, 0.3) is 0 Å². The van der Waals surface area contributed by atoms with Gasteiger partial charge in [-0.2, -0.15) is 0 Å². The molecule has 0 fully saturated rings. The monoisotopic (exact) mass is 265 g/mol. The number of carbonyl (C=O) groups excluding carboxylic acids is 1. The zero-order chi connectivity index (χ0) is 14.1. The highest BCUT2D eigenvalue weighted by Gasteiger charge is 2.17. The second kappa shape index (κ2) is 5.35. The number of amides is 1. The van der Waals surface area contributed by atoms with Crippen LogP contribution in [0.1, 0.15) is 43.0 Å². The Morgan fingerprint density at radius 3 is 2.00 bits per heavy atom. The van der Waals surface area contributed by atoms with Crippen molar-refractivity contribution in [3.05, 3.63) is 34.4 Å². The van der Waals surface area contributed by atoms with E-state index in [-0.39, 0.29) is 10.7 Å². The van der Waals surface area contributed by atoms with Crippen LogP contribution in [-0.2, 0) is 12.0 Å². The molecule has 3 heteroatoms. The zero-order valence-electron chi connectivity index (χ0n) is 12.2. The molecule has 1 amide bonds. The maximum Gasteiger partial charge on any atom is 0.278 e. The smallest absolute Gasteiger partial charge is 0.278 e. The predicted octanol–water partition coefficient (Wildman–Crippen LogP) is 4.08. The summed E-state index contributed by atoms with van der Waals surface area (Å²) in [6.45, 7) is 11.5. The van der Waals surface area contributed by atoms with Gasteiger partial charge in [0.2, 0.25) is 0 Å². The van der Waals surface area contributed by atoms with E-state index < -0.39 is 0 Å². The van der Waals surface area contributed by atoms with Crippen molar-refractivity contribution in [2.75, 3.05) is 7.05 Å². The Hall–Kier alpha value is -0.960. The molecule has 0 aromatic heterocycles. The number of benzene rings is 1. The molecule has 18 heavy (non-hydrogen) atoms. The van der Waals surface area contributed by atoms with Crippen LogP contribution in [0.2, 0.25) is 0 Å². The third-order valence-electron chi connectivity index (χ3n) is 3.28. The molecule has 0 spiro atoms. The lowest BCUT2D eigenvalue weighted by Gasteiger charge is -2.24. The Kier molecular flexibility index (Phi) is 4.49. The first kappa shape index (κ1) is 15.1. The van der Waals surface area contributed by atoms with Crippen LogP contribution in [0.15, 0.2) is 12.1 Å². The van der Waals surface area contributed by atoms with Gasteiger partial charge in [-0.05, 0) is 41.5 Å². The van der Waals surface area contributed by atoms with Crippen LogP contribution in [0.4, 0.5) is 4.79 Å². The standard InChI is InChI=1S/C15H23NOS/c1-10-7-12(15(3,4)5)8-11(2)13(10)9-16(6)14(17)18/h7-8H,9H2,1-6H3,(H,17,18). The minimum Gasteiger partial charge on any atom is -0.333 e. The molecule has 0 heterocycles. The summed E-state index contributed by atoms with van der Waals surface area (Å²) >= 11 is 3.84. The Labute approximate surface area is 116 Å². The molecule has 0 atom stereocenters. The fourth-order valence-corrected chi connectivity index (χ4v) is 2.05. The molecule has 100 valence electrons. The van der Waals surface area contributed by atoms with Gasteiger partial charge in [-0.3, -0.25) is 4.79 Å². The minimum absolute atomic E-state index is 0.152. The van der Waals surface area contributed by atoms with Crippen molar-refractivity contribution in [1.29, 1.82) is 0 Å². The molecule has 1 aromatic carbocycles. The van der Waals surface area contributed by atoms with E-state index in [0.717, 1.165) is 0 Å². The summed E-state index contributed by atoms with van der Waals surface area (Å²) in [7, 11) is 1.77. The Morgan fingerprint density at radius 1 is 1.22 bits per heavy atom. The van der Waals surface area contributed by atoms with Crippen molar-refractivity contribution in [2.45, 2.75) is 46.6 Å². The second-order valence-electron chi connectivity index (χ2n) is 5.98. The van der Waals surface area contributed by atoms with E-state index >= 15 is 0 Å². The van der Waals surface area contributed by atoms with E-state index in [2.05, 4.69) is 59.4 Å². The second-order valence-corrected chi connectivity index (χ2v) is 6.36. The molecule has 0 N–H and O–H groups in total. The number of hydrogen-bond acceptors (Lipinski definition) is 1. The van der Waals surface area contributed by atoms with Crippen LogP contribution in [0.3, 0.4) is 0 Å². The van der Waals surface area contributed by atoms with Crippen molar-refractivity contribution in [1.82, 2.24) is 4.90 Å². The molecule has 0 saturated carbocycles. The van der Waals surface area contributed by atoms with E-state index in [1.165, 1.54) is 22.3 Å². The summed E-state index contributed by atoms with van der Waals surface area (Å²) in [6, 6.07) is 4.44. The highest BCUT2D eigenvalue weighted by atomic mass is 32.1. The molecule has 2 nitrogen and oxygen atoms in total. The fraction of sp³-hybridized carbons (Fsp3) is 0.533. The fourth-order valence-electron chi connectivity index (χ4n) is 1.98. The maximum absolute atomic E-state index is 11.2. The van der Waals surface area contributed by atoms with Gasteiger partial charge in [0.25, 0.3) is 5.24 Å². The maximum atomic E-state index is 11.2. The van der Waals surface area contributed by atoms with Gasteiger partial charge in [0, 0.05) is 13.6 Å². The van der Waals surface area contributed by atoms with Crippen LogP contribution in [0, 0.1) is 13.8 Å². The third-order valence-corrected chi connectivity index (χ3v) is 3.63. The van der Waals surface area contributed by atoms with E-state index in [1.807, 2.05) is 0 Å². The molecule has 0 bridgehead atoms. The van der Waals surface area contributed by atoms with Gasteiger partial charge < -0.3 is 4.90 Å². The first-order chi connectivity index (χ1) is 8.12. The van der Waals surface area contributed by atoms with Crippen molar-refractivity contribution < 1.29 is 4.79 Å². The molecule has 1 rings (SSSR count). The summed E-state index contributed by atoms with van der Waals surface area (Å²) < 4.78 is 0.